The molecule has 1 amide bonds. The van der Waals surface area contributed by atoms with Crippen LogP contribution in [0.25, 0.3) is 11.0 Å². The minimum absolute atomic E-state index is 0.0407. The van der Waals surface area contributed by atoms with Gasteiger partial charge in [-0.2, -0.15) is 0 Å². The Balaban J connectivity index is 1.22. The maximum Gasteiger partial charge on any atom is 0.290 e. The maximum absolute atomic E-state index is 12.8. The van der Waals surface area contributed by atoms with Gasteiger partial charge in [-0.25, -0.2) is 0 Å². The first kappa shape index (κ1) is 17.6. The summed E-state index contributed by atoms with van der Waals surface area (Å²) in [7, 11) is 0. The summed E-state index contributed by atoms with van der Waals surface area (Å²) in [5.41, 5.74) is 3.35. The Morgan fingerprint density at radius 1 is 1.11 bits per heavy atom. The van der Waals surface area contributed by atoms with Gasteiger partial charge in [-0.1, -0.05) is 11.6 Å². The summed E-state index contributed by atoms with van der Waals surface area (Å²) in [6.07, 6.45) is 1.00. The SMILES string of the molecule is O=C(c1cc2cc(Cl)ccc2o1)N1CC[NH+](Cc2ccc3c(c2)CCO3)CC1. The molecular weight excluding hydrogens is 376 g/mol. The molecule has 28 heavy (non-hydrogen) atoms. The predicted octanol–water partition coefficient (Wildman–Crippen LogP) is 2.56. The monoisotopic (exact) mass is 397 g/mol. The molecule has 3 heterocycles. The van der Waals surface area contributed by atoms with Crippen molar-refractivity contribution in [3.63, 3.8) is 0 Å². The molecule has 1 saturated heterocycles. The van der Waals surface area contributed by atoms with E-state index < -0.39 is 0 Å². The third kappa shape index (κ3) is 3.36. The van der Waals surface area contributed by atoms with Crippen LogP contribution in [0.2, 0.25) is 5.02 Å². The van der Waals surface area contributed by atoms with Crippen LogP contribution in [0.1, 0.15) is 21.7 Å². The van der Waals surface area contributed by atoms with Gasteiger partial charge in [0.15, 0.2) is 5.76 Å². The smallest absolute Gasteiger partial charge is 0.290 e. The van der Waals surface area contributed by atoms with Gasteiger partial charge in [-0.05, 0) is 48.0 Å². The minimum Gasteiger partial charge on any atom is -0.493 e. The molecule has 1 N–H and O–H groups in total. The molecule has 1 fully saturated rings. The molecule has 5 rings (SSSR count). The molecule has 0 unspecified atom stereocenters. The molecule has 0 atom stereocenters. The van der Waals surface area contributed by atoms with Crippen LogP contribution >= 0.6 is 11.6 Å². The third-order valence-electron chi connectivity index (χ3n) is 5.65. The van der Waals surface area contributed by atoms with E-state index in [9.17, 15) is 4.79 Å². The standard InChI is InChI=1S/C22H21ClN2O3/c23-18-2-4-20-17(12-18)13-21(28-20)22(26)25-8-6-24(7-9-25)14-15-1-3-19-16(11-15)5-10-27-19/h1-4,11-13H,5-10,14H2/p+1. The second kappa shape index (κ2) is 7.15. The topological polar surface area (TPSA) is 47.1 Å². The van der Waals surface area contributed by atoms with Crippen LogP contribution in [-0.2, 0) is 13.0 Å². The highest BCUT2D eigenvalue weighted by atomic mass is 35.5. The number of ether oxygens (including phenoxy) is 1. The molecule has 5 nitrogen and oxygen atoms in total. The number of hydrogen-bond donors (Lipinski definition) is 1. The number of nitrogens with zero attached hydrogens (tertiary/aromatic N) is 1. The summed E-state index contributed by atoms with van der Waals surface area (Å²) in [4.78, 5) is 16.2. The number of quaternary nitrogens is 1. The number of rotatable bonds is 3. The molecule has 2 aliphatic heterocycles. The average Bonchev–Trinajstić information content (AvgIpc) is 3.34. The van der Waals surface area contributed by atoms with Gasteiger partial charge >= 0.3 is 0 Å². The van der Waals surface area contributed by atoms with E-state index in [0.717, 1.165) is 56.9 Å². The second-order valence-corrected chi connectivity index (χ2v) is 7.99. The van der Waals surface area contributed by atoms with Crippen molar-refractivity contribution in [2.75, 3.05) is 32.8 Å². The van der Waals surface area contributed by atoms with Crippen molar-refractivity contribution in [3.05, 3.63) is 64.4 Å². The Labute approximate surface area is 168 Å². The molecule has 2 aliphatic rings. The van der Waals surface area contributed by atoms with Gasteiger partial charge < -0.3 is 19.0 Å². The summed E-state index contributed by atoms with van der Waals surface area (Å²) in [6.45, 7) is 5.12. The lowest BCUT2D eigenvalue weighted by atomic mass is 10.1. The molecule has 144 valence electrons. The first-order valence-electron chi connectivity index (χ1n) is 9.72. The molecule has 0 aliphatic carbocycles. The fourth-order valence-corrected chi connectivity index (χ4v) is 4.30. The molecular formula is C22H22ClN2O3+. The van der Waals surface area contributed by atoms with E-state index in [4.69, 9.17) is 20.8 Å². The van der Waals surface area contributed by atoms with E-state index in [1.54, 1.807) is 18.2 Å². The molecule has 1 aromatic heterocycles. The fourth-order valence-electron chi connectivity index (χ4n) is 4.12. The molecule has 0 spiro atoms. The molecule has 0 saturated carbocycles. The van der Waals surface area contributed by atoms with Crippen molar-refractivity contribution < 1.29 is 18.8 Å². The van der Waals surface area contributed by atoms with E-state index in [2.05, 4.69) is 18.2 Å². The highest BCUT2D eigenvalue weighted by Gasteiger charge is 2.27. The summed E-state index contributed by atoms with van der Waals surface area (Å²) in [6, 6.07) is 13.7. The zero-order chi connectivity index (χ0) is 19.1. The molecule has 6 heteroatoms. The van der Waals surface area contributed by atoms with E-state index in [-0.39, 0.29) is 5.91 Å². The van der Waals surface area contributed by atoms with Gasteiger partial charge in [-0.3, -0.25) is 4.79 Å². The van der Waals surface area contributed by atoms with Crippen LogP contribution in [0.5, 0.6) is 5.75 Å². The maximum atomic E-state index is 12.8. The zero-order valence-corrected chi connectivity index (χ0v) is 16.3. The van der Waals surface area contributed by atoms with E-state index >= 15 is 0 Å². The zero-order valence-electron chi connectivity index (χ0n) is 15.5. The summed E-state index contributed by atoms with van der Waals surface area (Å²) in [5, 5.41) is 1.50. The Bertz CT molecular complexity index is 1040. The molecule has 0 radical (unpaired) electrons. The van der Waals surface area contributed by atoms with Gasteiger partial charge in [-0.15, -0.1) is 0 Å². The van der Waals surface area contributed by atoms with Crippen molar-refractivity contribution in [1.82, 2.24) is 4.90 Å². The Kier molecular flexibility index (Phi) is 4.49. The van der Waals surface area contributed by atoms with Crippen molar-refractivity contribution >= 4 is 28.5 Å². The van der Waals surface area contributed by atoms with E-state index in [1.807, 2.05) is 11.0 Å². The number of furan rings is 1. The number of fused-ring (bicyclic) bond motifs is 2. The Hall–Kier alpha value is -2.50. The average molecular weight is 398 g/mol. The highest BCUT2D eigenvalue weighted by molar-refractivity contribution is 6.31. The first-order chi connectivity index (χ1) is 13.7. The summed E-state index contributed by atoms with van der Waals surface area (Å²) >= 11 is 6.02. The van der Waals surface area contributed by atoms with Gasteiger partial charge in [0, 0.05) is 22.4 Å². The van der Waals surface area contributed by atoms with Gasteiger partial charge in [0.2, 0.25) is 0 Å². The lowest BCUT2D eigenvalue weighted by Gasteiger charge is -2.31. The van der Waals surface area contributed by atoms with Crippen LogP contribution in [-0.4, -0.2) is 43.6 Å². The summed E-state index contributed by atoms with van der Waals surface area (Å²) in [5.74, 6) is 1.38. The fraction of sp³-hybridized carbons (Fsp3) is 0.318. The number of hydrogen-bond acceptors (Lipinski definition) is 3. The van der Waals surface area contributed by atoms with Gasteiger partial charge in [0.05, 0.1) is 32.8 Å². The first-order valence-corrected chi connectivity index (χ1v) is 10.1. The largest absolute Gasteiger partial charge is 0.493 e. The van der Waals surface area contributed by atoms with Crippen LogP contribution in [0.15, 0.2) is 46.9 Å². The minimum atomic E-state index is -0.0407. The molecule has 2 aromatic carbocycles. The van der Waals surface area contributed by atoms with E-state index in [1.165, 1.54) is 16.0 Å². The van der Waals surface area contributed by atoms with Crippen molar-refractivity contribution in [2.45, 2.75) is 13.0 Å². The lowest BCUT2D eigenvalue weighted by Crippen LogP contribution is -3.13. The Morgan fingerprint density at radius 3 is 2.82 bits per heavy atom. The number of carbonyl (C=O) groups is 1. The van der Waals surface area contributed by atoms with Crippen LogP contribution in [0.4, 0.5) is 0 Å². The number of amides is 1. The number of benzene rings is 2. The van der Waals surface area contributed by atoms with Gasteiger partial charge in [0.1, 0.15) is 17.9 Å². The predicted molar refractivity (Wildman–Crippen MR) is 107 cm³/mol. The molecule has 0 bridgehead atoms. The number of nitrogens with one attached hydrogen (secondary N) is 1. The van der Waals surface area contributed by atoms with Crippen LogP contribution in [0, 0.1) is 0 Å². The third-order valence-corrected chi connectivity index (χ3v) is 5.89. The van der Waals surface area contributed by atoms with Crippen LogP contribution in [0.3, 0.4) is 0 Å². The van der Waals surface area contributed by atoms with Gasteiger partial charge in [0.25, 0.3) is 5.91 Å². The van der Waals surface area contributed by atoms with Crippen molar-refractivity contribution in [2.24, 2.45) is 0 Å². The highest BCUT2D eigenvalue weighted by Crippen LogP contribution is 2.26. The Morgan fingerprint density at radius 2 is 1.96 bits per heavy atom. The van der Waals surface area contributed by atoms with Crippen LogP contribution < -0.4 is 9.64 Å². The number of carbonyl (C=O) groups excluding carboxylic acids is 1. The summed E-state index contributed by atoms with van der Waals surface area (Å²) < 4.78 is 11.3. The number of halogens is 1. The van der Waals surface area contributed by atoms with E-state index in [0.29, 0.717) is 16.4 Å². The normalized spacial score (nSPS) is 17.0. The van der Waals surface area contributed by atoms with Crippen molar-refractivity contribution in [1.29, 1.82) is 0 Å². The quantitative estimate of drug-likeness (QED) is 0.739. The number of piperazine rings is 1. The molecule has 3 aromatic rings. The van der Waals surface area contributed by atoms with Crippen molar-refractivity contribution in [3.8, 4) is 5.75 Å². The lowest BCUT2D eigenvalue weighted by molar-refractivity contribution is -0.917. The second-order valence-electron chi connectivity index (χ2n) is 7.55.